The summed E-state index contributed by atoms with van der Waals surface area (Å²) in [6.45, 7) is 2.36. The van der Waals surface area contributed by atoms with Crippen molar-refractivity contribution in [3.8, 4) is 5.75 Å². The standard InChI is InChI=1S/C18H19N3O3S2/c1-12(17(22)19-11-15-4-3-9-25-15)26-18-21-20-16(24-18)10-13-5-7-14(23-2)8-6-13/h3-9,12H,10-11H2,1-2H3,(H,19,22). The number of carbonyl (C=O) groups excluding carboxylic acids is 1. The van der Waals surface area contributed by atoms with Crippen molar-refractivity contribution in [1.82, 2.24) is 15.5 Å². The van der Waals surface area contributed by atoms with Gasteiger partial charge in [-0.15, -0.1) is 21.5 Å². The molecule has 0 radical (unpaired) electrons. The number of methoxy groups -OCH3 is 1. The molecule has 3 aromatic rings. The Bertz CT molecular complexity index is 832. The number of aromatic nitrogens is 2. The average Bonchev–Trinajstić information content (AvgIpc) is 3.32. The second-order valence-electron chi connectivity index (χ2n) is 5.54. The van der Waals surface area contributed by atoms with Gasteiger partial charge in [0.05, 0.1) is 25.3 Å². The van der Waals surface area contributed by atoms with E-state index in [0.29, 0.717) is 24.1 Å². The van der Waals surface area contributed by atoms with Gasteiger partial charge in [0.1, 0.15) is 5.75 Å². The maximum Gasteiger partial charge on any atom is 0.277 e. The highest BCUT2D eigenvalue weighted by Crippen LogP contribution is 2.23. The molecule has 0 aliphatic carbocycles. The molecule has 3 rings (SSSR count). The largest absolute Gasteiger partial charge is 0.497 e. The highest BCUT2D eigenvalue weighted by atomic mass is 32.2. The molecule has 0 spiro atoms. The maximum absolute atomic E-state index is 12.2. The van der Waals surface area contributed by atoms with Crippen LogP contribution >= 0.6 is 23.1 Å². The molecule has 1 aromatic carbocycles. The number of carbonyl (C=O) groups is 1. The maximum atomic E-state index is 12.2. The van der Waals surface area contributed by atoms with E-state index in [0.717, 1.165) is 16.2 Å². The third-order valence-electron chi connectivity index (χ3n) is 3.63. The normalized spacial score (nSPS) is 11.9. The van der Waals surface area contributed by atoms with Crippen LogP contribution in [0.2, 0.25) is 0 Å². The lowest BCUT2D eigenvalue weighted by Crippen LogP contribution is -2.30. The minimum Gasteiger partial charge on any atom is -0.497 e. The van der Waals surface area contributed by atoms with Gasteiger partial charge in [0.25, 0.3) is 5.22 Å². The molecule has 2 heterocycles. The number of thioether (sulfide) groups is 1. The van der Waals surface area contributed by atoms with E-state index >= 15 is 0 Å². The average molecular weight is 390 g/mol. The van der Waals surface area contributed by atoms with E-state index in [1.807, 2.05) is 48.7 Å². The van der Waals surface area contributed by atoms with Crippen LogP contribution in [0.1, 0.15) is 23.3 Å². The molecule has 1 atom stereocenters. The van der Waals surface area contributed by atoms with Gasteiger partial charge in [-0.2, -0.15) is 0 Å². The SMILES string of the molecule is COc1ccc(Cc2nnc(SC(C)C(=O)NCc3cccs3)o2)cc1. The summed E-state index contributed by atoms with van der Waals surface area (Å²) < 4.78 is 10.8. The summed E-state index contributed by atoms with van der Waals surface area (Å²) in [5.74, 6) is 1.26. The van der Waals surface area contributed by atoms with Crippen molar-refractivity contribution in [1.29, 1.82) is 0 Å². The Morgan fingerprint density at radius 2 is 2.12 bits per heavy atom. The number of rotatable bonds is 8. The quantitative estimate of drug-likeness (QED) is 0.594. The first-order valence-electron chi connectivity index (χ1n) is 8.06. The Morgan fingerprint density at radius 3 is 2.81 bits per heavy atom. The fourth-order valence-electron chi connectivity index (χ4n) is 2.21. The summed E-state index contributed by atoms with van der Waals surface area (Å²) in [5, 5.41) is 13.1. The van der Waals surface area contributed by atoms with E-state index < -0.39 is 0 Å². The third kappa shape index (κ3) is 5.09. The summed E-state index contributed by atoms with van der Waals surface area (Å²) in [4.78, 5) is 13.3. The van der Waals surface area contributed by atoms with Crippen molar-refractivity contribution in [2.45, 2.75) is 30.4 Å². The van der Waals surface area contributed by atoms with Crippen LogP contribution in [0.3, 0.4) is 0 Å². The van der Waals surface area contributed by atoms with Crippen molar-refractivity contribution in [3.05, 3.63) is 58.1 Å². The van der Waals surface area contributed by atoms with E-state index in [1.165, 1.54) is 11.8 Å². The highest BCUT2D eigenvalue weighted by molar-refractivity contribution is 8.00. The Balaban J connectivity index is 1.51. The molecule has 0 saturated heterocycles. The first kappa shape index (κ1) is 18.5. The smallest absolute Gasteiger partial charge is 0.277 e. The highest BCUT2D eigenvalue weighted by Gasteiger charge is 2.18. The van der Waals surface area contributed by atoms with Crippen molar-refractivity contribution >= 4 is 29.0 Å². The predicted octanol–water partition coefficient (Wildman–Crippen LogP) is 3.53. The first-order chi connectivity index (χ1) is 12.6. The summed E-state index contributed by atoms with van der Waals surface area (Å²) >= 11 is 2.87. The van der Waals surface area contributed by atoms with Gasteiger partial charge in [0, 0.05) is 4.88 Å². The van der Waals surface area contributed by atoms with E-state index in [1.54, 1.807) is 18.4 Å². The number of nitrogens with one attached hydrogen (secondary N) is 1. The summed E-state index contributed by atoms with van der Waals surface area (Å²) in [5.41, 5.74) is 1.05. The lowest BCUT2D eigenvalue weighted by molar-refractivity contribution is -0.120. The molecule has 0 saturated carbocycles. The Morgan fingerprint density at radius 1 is 1.31 bits per heavy atom. The zero-order valence-corrected chi connectivity index (χ0v) is 16.1. The predicted molar refractivity (Wildman–Crippen MR) is 102 cm³/mol. The molecule has 136 valence electrons. The van der Waals surface area contributed by atoms with Gasteiger partial charge in [0.2, 0.25) is 11.8 Å². The molecule has 8 heteroatoms. The van der Waals surface area contributed by atoms with Gasteiger partial charge in [-0.05, 0) is 36.1 Å². The zero-order valence-electron chi connectivity index (χ0n) is 14.5. The molecule has 0 bridgehead atoms. The molecule has 1 unspecified atom stereocenters. The van der Waals surface area contributed by atoms with Gasteiger partial charge in [-0.3, -0.25) is 4.79 Å². The number of hydrogen-bond donors (Lipinski definition) is 1. The van der Waals surface area contributed by atoms with E-state index in [9.17, 15) is 4.79 Å². The molecule has 0 fully saturated rings. The van der Waals surface area contributed by atoms with Crippen LogP contribution < -0.4 is 10.1 Å². The fraction of sp³-hybridized carbons (Fsp3) is 0.278. The fourth-order valence-corrected chi connectivity index (χ4v) is 3.58. The lowest BCUT2D eigenvalue weighted by atomic mass is 10.1. The third-order valence-corrected chi connectivity index (χ3v) is 5.44. The number of hydrogen-bond acceptors (Lipinski definition) is 7. The Kier molecular flexibility index (Phi) is 6.30. The van der Waals surface area contributed by atoms with Crippen LogP contribution in [-0.2, 0) is 17.8 Å². The number of nitrogens with zero attached hydrogens (tertiary/aromatic N) is 2. The van der Waals surface area contributed by atoms with Crippen LogP contribution in [0.4, 0.5) is 0 Å². The molecule has 0 aliphatic heterocycles. The summed E-state index contributed by atoms with van der Waals surface area (Å²) in [6.07, 6.45) is 0.538. The van der Waals surface area contributed by atoms with Crippen LogP contribution in [0.5, 0.6) is 5.75 Å². The van der Waals surface area contributed by atoms with E-state index in [4.69, 9.17) is 9.15 Å². The molecule has 26 heavy (non-hydrogen) atoms. The molecule has 0 aliphatic rings. The van der Waals surface area contributed by atoms with Gasteiger partial charge in [-0.1, -0.05) is 30.0 Å². The molecule has 6 nitrogen and oxygen atoms in total. The zero-order chi connectivity index (χ0) is 18.4. The minimum atomic E-state index is -0.316. The monoisotopic (exact) mass is 389 g/mol. The van der Waals surface area contributed by atoms with Gasteiger partial charge in [0.15, 0.2) is 0 Å². The Hall–Kier alpha value is -2.32. The second-order valence-corrected chi connectivity index (χ2v) is 7.87. The van der Waals surface area contributed by atoms with Crippen LogP contribution in [-0.4, -0.2) is 28.5 Å². The number of ether oxygens (including phenoxy) is 1. The summed E-state index contributed by atoms with van der Waals surface area (Å²) in [7, 11) is 1.63. The van der Waals surface area contributed by atoms with Gasteiger partial charge in [-0.25, -0.2) is 0 Å². The number of amides is 1. The lowest BCUT2D eigenvalue weighted by Gasteiger charge is -2.08. The Labute approximate surface area is 160 Å². The van der Waals surface area contributed by atoms with E-state index in [-0.39, 0.29) is 11.2 Å². The molecular formula is C18H19N3O3S2. The second kappa shape index (κ2) is 8.86. The first-order valence-corrected chi connectivity index (χ1v) is 9.82. The number of thiophene rings is 1. The van der Waals surface area contributed by atoms with Crippen molar-refractivity contribution in [2.75, 3.05) is 7.11 Å². The van der Waals surface area contributed by atoms with Crippen molar-refractivity contribution in [3.63, 3.8) is 0 Å². The molecule has 2 aromatic heterocycles. The van der Waals surface area contributed by atoms with Crippen LogP contribution in [0.25, 0.3) is 0 Å². The minimum absolute atomic E-state index is 0.0571. The number of benzene rings is 1. The topological polar surface area (TPSA) is 77.2 Å². The molecule has 1 N–H and O–H groups in total. The van der Waals surface area contributed by atoms with Crippen molar-refractivity contribution < 1.29 is 13.9 Å². The molecular weight excluding hydrogens is 370 g/mol. The van der Waals surface area contributed by atoms with E-state index in [2.05, 4.69) is 15.5 Å². The molecule has 1 amide bonds. The van der Waals surface area contributed by atoms with Crippen molar-refractivity contribution in [2.24, 2.45) is 0 Å². The summed E-state index contributed by atoms with van der Waals surface area (Å²) in [6, 6.07) is 11.6. The van der Waals surface area contributed by atoms with Crippen LogP contribution in [0.15, 0.2) is 51.4 Å². The van der Waals surface area contributed by atoms with Gasteiger partial charge < -0.3 is 14.5 Å². The van der Waals surface area contributed by atoms with Crippen LogP contribution in [0, 0.1) is 0 Å². The van der Waals surface area contributed by atoms with Gasteiger partial charge >= 0.3 is 0 Å².